The third-order valence-corrected chi connectivity index (χ3v) is 3.84. The largest absolute Gasteiger partial charge is 0.480 e. The second-order valence-electron chi connectivity index (χ2n) is 4.70. The summed E-state index contributed by atoms with van der Waals surface area (Å²) in [6, 6.07) is 3.03. The van der Waals surface area contributed by atoms with Gasteiger partial charge in [0.15, 0.2) is 0 Å². The molecule has 0 fully saturated rings. The highest BCUT2D eigenvalue weighted by Gasteiger charge is 2.24. The van der Waals surface area contributed by atoms with Gasteiger partial charge >= 0.3 is 5.97 Å². The molecule has 0 heterocycles. The average Bonchev–Trinajstić information content (AvgIpc) is 2.36. The first kappa shape index (κ1) is 17.1. The molecule has 0 bridgehead atoms. The minimum Gasteiger partial charge on any atom is -0.480 e. The Morgan fingerprint density at radius 2 is 2.00 bits per heavy atom. The van der Waals surface area contributed by atoms with E-state index in [0.717, 1.165) is 0 Å². The number of nitrogens with two attached hydrogens (primary N) is 1. The maximum atomic E-state index is 12.2. The first-order chi connectivity index (χ1) is 9.66. The lowest BCUT2D eigenvalue weighted by Gasteiger charge is -2.15. The van der Waals surface area contributed by atoms with Crippen LogP contribution in [0.4, 0.5) is 0 Å². The fraction of sp³-hybridized carbons (Fsp3) is 0.385. The third-order valence-electron chi connectivity index (χ3n) is 2.87. The molecule has 0 saturated carbocycles. The fourth-order valence-electron chi connectivity index (χ4n) is 1.85. The normalized spacial score (nSPS) is 12.7. The van der Waals surface area contributed by atoms with Crippen LogP contribution in [0, 0.1) is 6.92 Å². The van der Waals surface area contributed by atoms with Gasteiger partial charge in [-0.1, -0.05) is 25.0 Å². The molecule has 0 aromatic heterocycles. The summed E-state index contributed by atoms with van der Waals surface area (Å²) in [7, 11) is -4.07. The highest BCUT2D eigenvalue weighted by molar-refractivity contribution is 7.89. The van der Waals surface area contributed by atoms with Crippen molar-refractivity contribution in [3.8, 4) is 0 Å². The number of sulfonamides is 1. The monoisotopic (exact) mass is 314 g/mol. The second-order valence-corrected chi connectivity index (χ2v) is 6.23. The van der Waals surface area contributed by atoms with Crippen LogP contribution in [0.1, 0.15) is 35.7 Å². The molecule has 4 N–H and O–H groups in total. The number of aryl methyl sites for hydroxylation is 1. The molecule has 0 aliphatic rings. The molecule has 116 valence electrons. The van der Waals surface area contributed by atoms with Crippen molar-refractivity contribution in [2.45, 2.75) is 37.6 Å². The Labute approximate surface area is 123 Å². The van der Waals surface area contributed by atoms with E-state index in [4.69, 9.17) is 10.2 Å². The number of hydrogen-bond acceptors (Lipinski definition) is 4. The van der Waals surface area contributed by atoms with Crippen LogP contribution in [-0.4, -0.2) is 31.4 Å². The van der Waals surface area contributed by atoms with Crippen LogP contribution in [0.5, 0.6) is 0 Å². The molecule has 7 nitrogen and oxygen atoms in total. The molecule has 1 rings (SSSR count). The number of carbonyl (C=O) groups is 2. The summed E-state index contributed by atoms with van der Waals surface area (Å²) in [4.78, 5) is 22.9. The number of primary sulfonamides is 1. The summed E-state index contributed by atoms with van der Waals surface area (Å²) < 4.78 is 23.0. The molecule has 1 unspecified atom stereocenters. The lowest BCUT2D eigenvalue weighted by atomic mass is 10.1. The summed E-state index contributed by atoms with van der Waals surface area (Å²) in [5, 5.41) is 16.4. The van der Waals surface area contributed by atoms with E-state index in [2.05, 4.69) is 5.32 Å². The Bertz CT molecular complexity index is 655. The Morgan fingerprint density at radius 1 is 1.38 bits per heavy atom. The first-order valence-electron chi connectivity index (χ1n) is 6.34. The first-order valence-corrected chi connectivity index (χ1v) is 7.88. The number of carboxylic acids is 1. The van der Waals surface area contributed by atoms with Gasteiger partial charge in [0.1, 0.15) is 6.04 Å². The van der Waals surface area contributed by atoms with E-state index in [1.807, 2.05) is 0 Å². The second kappa shape index (κ2) is 6.68. The number of nitrogens with one attached hydrogen (secondary N) is 1. The van der Waals surface area contributed by atoms with E-state index in [9.17, 15) is 18.0 Å². The van der Waals surface area contributed by atoms with Gasteiger partial charge in [-0.05, 0) is 25.5 Å². The predicted molar refractivity (Wildman–Crippen MR) is 76.4 cm³/mol. The quantitative estimate of drug-likeness (QED) is 0.709. The molecule has 1 aromatic rings. The van der Waals surface area contributed by atoms with Gasteiger partial charge in [0.2, 0.25) is 10.0 Å². The minimum atomic E-state index is -4.07. The maximum Gasteiger partial charge on any atom is 0.326 e. The molecule has 0 spiro atoms. The lowest BCUT2D eigenvalue weighted by molar-refractivity contribution is -0.139. The van der Waals surface area contributed by atoms with Gasteiger partial charge < -0.3 is 10.4 Å². The molecule has 0 aliphatic carbocycles. The molecule has 0 aliphatic heterocycles. The van der Waals surface area contributed by atoms with Crippen LogP contribution in [0.3, 0.4) is 0 Å². The molecular formula is C13H18N2O5S. The van der Waals surface area contributed by atoms with Crippen molar-refractivity contribution >= 4 is 21.9 Å². The van der Waals surface area contributed by atoms with Crippen molar-refractivity contribution in [2.75, 3.05) is 0 Å². The summed E-state index contributed by atoms with van der Waals surface area (Å²) in [5.74, 6) is -1.95. The SMILES string of the molecule is CCCC(NC(=O)c1cc(C)ccc1S(N)(=O)=O)C(=O)O. The summed E-state index contributed by atoms with van der Waals surface area (Å²) >= 11 is 0. The Hall–Kier alpha value is -1.93. The van der Waals surface area contributed by atoms with Gasteiger partial charge in [0, 0.05) is 0 Å². The van der Waals surface area contributed by atoms with Gasteiger partial charge in [-0.3, -0.25) is 4.79 Å². The smallest absolute Gasteiger partial charge is 0.326 e. The highest BCUT2D eigenvalue weighted by Crippen LogP contribution is 2.16. The van der Waals surface area contributed by atoms with Gasteiger partial charge in [-0.25, -0.2) is 18.4 Å². The Morgan fingerprint density at radius 3 is 2.48 bits per heavy atom. The standard InChI is InChI=1S/C13H18N2O5S/c1-3-4-10(13(17)18)15-12(16)9-7-8(2)5-6-11(9)21(14,19)20/h5-7,10H,3-4H2,1-2H3,(H,15,16)(H,17,18)(H2,14,19,20). The van der Waals surface area contributed by atoms with E-state index in [1.54, 1.807) is 13.8 Å². The van der Waals surface area contributed by atoms with Crippen molar-refractivity contribution < 1.29 is 23.1 Å². The third kappa shape index (κ3) is 4.54. The maximum absolute atomic E-state index is 12.2. The average molecular weight is 314 g/mol. The lowest BCUT2D eigenvalue weighted by Crippen LogP contribution is -2.41. The van der Waals surface area contributed by atoms with Crippen LogP contribution in [0.2, 0.25) is 0 Å². The number of aliphatic carboxylic acids is 1. The van der Waals surface area contributed by atoms with E-state index in [1.165, 1.54) is 18.2 Å². The molecule has 1 atom stereocenters. The number of amides is 1. The topological polar surface area (TPSA) is 127 Å². The van der Waals surface area contributed by atoms with Crippen LogP contribution in [0.25, 0.3) is 0 Å². The predicted octanol–water partition coefficient (Wildman–Crippen LogP) is 0.626. The van der Waals surface area contributed by atoms with E-state index >= 15 is 0 Å². The van der Waals surface area contributed by atoms with Crippen molar-refractivity contribution in [3.63, 3.8) is 0 Å². The number of carbonyl (C=O) groups excluding carboxylic acids is 1. The molecule has 1 aromatic carbocycles. The highest BCUT2D eigenvalue weighted by atomic mass is 32.2. The van der Waals surface area contributed by atoms with E-state index in [0.29, 0.717) is 12.0 Å². The zero-order valence-corrected chi connectivity index (χ0v) is 12.6. The van der Waals surface area contributed by atoms with Gasteiger partial charge in [-0.15, -0.1) is 0 Å². The number of hydrogen-bond donors (Lipinski definition) is 3. The molecular weight excluding hydrogens is 296 g/mol. The van der Waals surface area contributed by atoms with Crippen molar-refractivity contribution in [3.05, 3.63) is 29.3 Å². The number of carboxylic acid groups (broad SMARTS) is 1. The molecule has 8 heteroatoms. The van der Waals surface area contributed by atoms with Gasteiger partial charge in [0.05, 0.1) is 10.5 Å². The van der Waals surface area contributed by atoms with Crippen LogP contribution in [-0.2, 0) is 14.8 Å². The van der Waals surface area contributed by atoms with Crippen molar-refractivity contribution in [2.24, 2.45) is 5.14 Å². The van der Waals surface area contributed by atoms with Gasteiger partial charge in [0.25, 0.3) is 5.91 Å². The molecule has 0 saturated heterocycles. The molecule has 0 radical (unpaired) electrons. The summed E-state index contributed by atoms with van der Waals surface area (Å²) in [6.45, 7) is 3.47. The number of benzene rings is 1. The van der Waals surface area contributed by atoms with E-state index in [-0.39, 0.29) is 16.9 Å². The molecule has 1 amide bonds. The summed E-state index contributed by atoms with van der Waals surface area (Å²) in [6.07, 6.45) is 0.810. The Balaban J connectivity index is 3.18. The van der Waals surface area contributed by atoms with Gasteiger partial charge in [-0.2, -0.15) is 0 Å². The summed E-state index contributed by atoms with van der Waals surface area (Å²) in [5.41, 5.74) is 0.509. The minimum absolute atomic E-state index is 0.153. The number of rotatable bonds is 6. The molecule has 21 heavy (non-hydrogen) atoms. The van der Waals surface area contributed by atoms with E-state index < -0.39 is 27.9 Å². The fourth-order valence-corrected chi connectivity index (χ4v) is 2.57. The van der Waals surface area contributed by atoms with Crippen molar-refractivity contribution in [1.29, 1.82) is 0 Å². The Kier molecular flexibility index (Phi) is 5.45. The van der Waals surface area contributed by atoms with Crippen molar-refractivity contribution in [1.82, 2.24) is 5.32 Å². The van der Waals surface area contributed by atoms with Crippen LogP contribution >= 0.6 is 0 Å². The van der Waals surface area contributed by atoms with Crippen LogP contribution in [0.15, 0.2) is 23.1 Å². The zero-order chi connectivity index (χ0) is 16.2. The van der Waals surface area contributed by atoms with Crippen LogP contribution < -0.4 is 10.5 Å². The zero-order valence-electron chi connectivity index (χ0n) is 11.8.